The largest absolute Gasteiger partial charge is 0.339 e. The molecule has 0 spiro atoms. The van der Waals surface area contributed by atoms with Crippen molar-refractivity contribution in [2.45, 2.75) is 30.8 Å². The van der Waals surface area contributed by atoms with Crippen LogP contribution in [-0.4, -0.2) is 38.8 Å². The van der Waals surface area contributed by atoms with Gasteiger partial charge in [-0.15, -0.1) is 0 Å². The summed E-state index contributed by atoms with van der Waals surface area (Å²) < 4.78 is 28.6. The Kier molecular flexibility index (Phi) is 3.50. The lowest BCUT2D eigenvalue weighted by Crippen LogP contribution is -2.31. The smallest absolute Gasteiger partial charge is 0.262 e. The summed E-state index contributed by atoms with van der Waals surface area (Å²) in [6.07, 6.45) is 6.27. The van der Waals surface area contributed by atoms with E-state index in [2.05, 4.69) is 15.0 Å². The van der Waals surface area contributed by atoms with E-state index in [0.29, 0.717) is 12.4 Å². The number of hydrogen-bond donors (Lipinski definition) is 0. The molecule has 0 aromatic carbocycles. The minimum atomic E-state index is -3.59. The van der Waals surface area contributed by atoms with Crippen LogP contribution in [0.4, 0.5) is 0 Å². The predicted molar refractivity (Wildman–Crippen MR) is 75.8 cm³/mol. The quantitative estimate of drug-likeness (QED) is 0.846. The molecule has 0 N–H and O–H groups in total. The molecule has 3 heterocycles. The summed E-state index contributed by atoms with van der Waals surface area (Å²) in [4.78, 5) is 12.4. The molecule has 0 radical (unpaired) electrons. The maximum absolute atomic E-state index is 12.7. The third kappa shape index (κ3) is 2.56. The van der Waals surface area contributed by atoms with Gasteiger partial charge >= 0.3 is 0 Å². The lowest BCUT2D eigenvalue weighted by atomic mass is 10.1. The molecule has 1 atom stereocenters. The molecule has 2 aromatic rings. The number of hydrogen-bond acceptors (Lipinski definition) is 5. The Morgan fingerprint density at radius 2 is 2.14 bits per heavy atom. The first-order chi connectivity index (χ1) is 9.98. The Labute approximate surface area is 123 Å². The Bertz CT molecular complexity index is 755. The van der Waals surface area contributed by atoms with Crippen LogP contribution in [0.2, 0.25) is 0 Å². The number of aryl methyl sites for hydroxylation is 2. The van der Waals surface area contributed by atoms with Crippen LogP contribution in [0, 0.1) is 6.92 Å². The second-order valence-electron chi connectivity index (χ2n) is 5.18. The van der Waals surface area contributed by atoms with Crippen LogP contribution in [-0.2, 0) is 17.1 Å². The monoisotopic (exact) mass is 307 g/mol. The molecule has 1 aliphatic rings. The van der Waals surface area contributed by atoms with Crippen LogP contribution in [0.15, 0.2) is 29.8 Å². The van der Waals surface area contributed by atoms with Crippen LogP contribution in [0.5, 0.6) is 0 Å². The molecule has 3 rings (SSSR count). The van der Waals surface area contributed by atoms with Gasteiger partial charge in [-0.1, -0.05) is 0 Å². The summed E-state index contributed by atoms with van der Waals surface area (Å²) in [5, 5.41) is 0.0858. The van der Waals surface area contributed by atoms with Crippen LogP contribution in [0.3, 0.4) is 0 Å². The first kappa shape index (κ1) is 14.2. The number of imidazole rings is 1. The SMILES string of the molecule is Cc1nccc([C@@H]2CCCN2S(=O)(=O)c2cn(C)cn2)n1. The minimum Gasteiger partial charge on any atom is -0.339 e. The van der Waals surface area contributed by atoms with Gasteiger partial charge in [0.25, 0.3) is 10.0 Å². The summed E-state index contributed by atoms with van der Waals surface area (Å²) in [7, 11) is -1.84. The molecule has 7 nitrogen and oxygen atoms in total. The van der Waals surface area contributed by atoms with E-state index in [4.69, 9.17) is 0 Å². The van der Waals surface area contributed by atoms with E-state index < -0.39 is 10.0 Å². The van der Waals surface area contributed by atoms with E-state index in [0.717, 1.165) is 18.5 Å². The normalized spacial score (nSPS) is 20.0. The molecule has 2 aromatic heterocycles. The first-order valence-electron chi connectivity index (χ1n) is 6.78. The van der Waals surface area contributed by atoms with Gasteiger partial charge < -0.3 is 4.57 Å². The number of aromatic nitrogens is 4. The molecule has 1 aliphatic heterocycles. The van der Waals surface area contributed by atoms with Gasteiger partial charge in [-0.2, -0.15) is 4.31 Å². The van der Waals surface area contributed by atoms with Crippen LogP contribution in [0.1, 0.15) is 30.4 Å². The lowest BCUT2D eigenvalue weighted by Gasteiger charge is -2.22. The van der Waals surface area contributed by atoms with Crippen LogP contribution >= 0.6 is 0 Å². The van der Waals surface area contributed by atoms with E-state index in [1.807, 2.05) is 0 Å². The molecular formula is C13H17N5O2S. The summed E-state index contributed by atoms with van der Waals surface area (Å²) in [5.41, 5.74) is 0.750. The van der Waals surface area contributed by atoms with Crippen molar-refractivity contribution in [3.05, 3.63) is 36.3 Å². The highest BCUT2D eigenvalue weighted by atomic mass is 32.2. The Morgan fingerprint density at radius 3 is 2.81 bits per heavy atom. The number of nitrogens with zero attached hydrogens (tertiary/aromatic N) is 5. The van der Waals surface area contributed by atoms with Crippen molar-refractivity contribution in [3.8, 4) is 0 Å². The van der Waals surface area contributed by atoms with E-state index in [1.54, 1.807) is 30.8 Å². The fourth-order valence-corrected chi connectivity index (χ4v) is 4.26. The van der Waals surface area contributed by atoms with Crippen molar-refractivity contribution in [2.75, 3.05) is 6.54 Å². The van der Waals surface area contributed by atoms with E-state index in [9.17, 15) is 8.42 Å². The summed E-state index contributed by atoms with van der Waals surface area (Å²) in [6, 6.07) is 1.54. The summed E-state index contributed by atoms with van der Waals surface area (Å²) in [6.45, 7) is 2.29. The molecule has 112 valence electrons. The Morgan fingerprint density at radius 1 is 1.33 bits per heavy atom. The lowest BCUT2D eigenvalue weighted by molar-refractivity contribution is 0.388. The average Bonchev–Trinajstić information content (AvgIpc) is 3.07. The van der Waals surface area contributed by atoms with E-state index >= 15 is 0 Å². The van der Waals surface area contributed by atoms with E-state index in [1.165, 1.54) is 16.8 Å². The van der Waals surface area contributed by atoms with Gasteiger partial charge in [0.05, 0.1) is 18.1 Å². The Balaban J connectivity index is 1.97. The minimum absolute atomic E-state index is 0.0858. The standard InChI is InChI=1S/C13H17N5O2S/c1-10-14-6-5-11(16-10)12-4-3-7-18(12)21(19,20)13-8-17(2)9-15-13/h5-6,8-9,12H,3-4,7H2,1-2H3/t12-/m0/s1. The van der Waals surface area contributed by atoms with Gasteiger partial charge in [0.15, 0.2) is 5.03 Å². The maximum Gasteiger partial charge on any atom is 0.262 e. The van der Waals surface area contributed by atoms with Crippen molar-refractivity contribution < 1.29 is 8.42 Å². The fraction of sp³-hybridized carbons (Fsp3) is 0.462. The highest BCUT2D eigenvalue weighted by Crippen LogP contribution is 2.35. The van der Waals surface area contributed by atoms with Crippen molar-refractivity contribution in [1.82, 2.24) is 23.8 Å². The molecule has 0 amide bonds. The number of rotatable bonds is 3. The van der Waals surface area contributed by atoms with Gasteiger partial charge in [0.2, 0.25) is 0 Å². The fourth-order valence-electron chi connectivity index (χ4n) is 2.63. The molecule has 1 saturated heterocycles. The number of sulfonamides is 1. The topological polar surface area (TPSA) is 81.0 Å². The third-order valence-electron chi connectivity index (χ3n) is 3.60. The van der Waals surface area contributed by atoms with Crippen molar-refractivity contribution in [2.24, 2.45) is 7.05 Å². The maximum atomic E-state index is 12.7. The zero-order valence-corrected chi connectivity index (χ0v) is 12.8. The van der Waals surface area contributed by atoms with Gasteiger partial charge in [-0.05, 0) is 25.8 Å². The zero-order chi connectivity index (χ0) is 15.0. The summed E-state index contributed by atoms with van der Waals surface area (Å²) in [5.74, 6) is 0.648. The molecule has 0 bridgehead atoms. The third-order valence-corrected chi connectivity index (χ3v) is 5.39. The highest BCUT2D eigenvalue weighted by molar-refractivity contribution is 7.89. The van der Waals surface area contributed by atoms with Crippen molar-refractivity contribution >= 4 is 10.0 Å². The van der Waals surface area contributed by atoms with Gasteiger partial charge in [0.1, 0.15) is 5.82 Å². The second kappa shape index (κ2) is 5.19. The highest BCUT2D eigenvalue weighted by Gasteiger charge is 2.38. The molecule has 21 heavy (non-hydrogen) atoms. The molecule has 0 saturated carbocycles. The van der Waals surface area contributed by atoms with Crippen molar-refractivity contribution in [3.63, 3.8) is 0 Å². The first-order valence-corrected chi connectivity index (χ1v) is 8.22. The van der Waals surface area contributed by atoms with Crippen LogP contribution in [0.25, 0.3) is 0 Å². The molecule has 0 aliphatic carbocycles. The van der Waals surface area contributed by atoms with E-state index in [-0.39, 0.29) is 11.1 Å². The Hall–Kier alpha value is -1.80. The van der Waals surface area contributed by atoms with Crippen LogP contribution < -0.4 is 0 Å². The summed E-state index contributed by atoms with van der Waals surface area (Å²) >= 11 is 0. The van der Waals surface area contributed by atoms with Gasteiger partial charge in [0, 0.05) is 26.0 Å². The predicted octanol–water partition coefficient (Wildman–Crippen LogP) is 1.04. The average molecular weight is 307 g/mol. The second-order valence-corrected chi connectivity index (χ2v) is 7.02. The molecular weight excluding hydrogens is 290 g/mol. The molecule has 0 unspecified atom stereocenters. The molecule has 8 heteroatoms. The van der Waals surface area contributed by atoms with Gasteiger partial charge in [-0.3, -0.25) is 0 Å². The van der Waals surface area contributed by atoms with Gasteiger partial charge in [-0.25, -0.2) is 23.4 Å². The molecule has 1 fully saturated rings. The zero-order valence-electron chi connectivity index (χ0n) is 12.0. The van der Waals surface area contributed by atoms with Crippen molar-refractivity contribution in [1.29, 1.82) is 0 Å².